The van der Waals surface area contributed by atoms with Gasteiger partial charge in [-0.1, -0.05) is 87.5 Å². The molecule has 0 aromatic heterocycles. The number of fused-ring (bicyclic) bond motifs is 6. The van der Waals surface area contributed by atoms with Crippen molar-refractivity contribution in [2.45, 2.75) is 64.9 Å². The van der Waals surface area contributed by atoms with Gasteiger partial charge < -0.3 is 19.7 Å². The van der Waals surface area contributed by atoms with Gasteiger partial charge in [-0.25, -0.2) is 4.79 Å². The van der Waals surface area contributed by atoms with Crippen molar-refractivity contribution in [2.75, 3.05) is 23.3 Å². The third-order valence-corrected chi connectivity index (χ3v) is 8.90. The van der Waals surface area contributed by atoms with Crippen LogP contribution in [0.5, 0.6) is 11.5 Å². The van der Waals surface area contributed by atoms with Crippen LogP contribution in [0.3, 0.4) is 0 Å². The van der Waals surface area contributed by atoms with Gasteiger partial charge in [0, 0.05) is 41.2 Å². The number of esters is 1. The number of anilines is 3. The number of unbranched alkanes of at least 4 members (excludes halogenated alkanes) is 4. The smallest absolute Gasteiger partial charge is 0.340 e. The highest BCUT2D eigenvalue weighted by Gasteiger charge is 2.53. The SMILES string of the molecule is CCCCCN(CCCCC)c1cc(Nc2ccc3c(c2)C2(OC(=O)c4ccccc42)c2ccccc2O3)c(C)cc1Cl. The van der Waals surface area contributed by atoms with Crippen molar-refractivity contribution >= 4 is 34.6 Å². The predicted octanol–water partition coefficient (Wildman–Crippen LogP) is 10.1. The summed E-state index contributed by atoms with van der Waals surface area (Å²) in [6.45, 7) is 8.52. The van der Waals surface area contributed by atoms with Gasteiger partial charge in [0.15, 0.2) is 5.60 Å². The van der Waals surface area contributed by atoms with E-state index in [4.69, 9.17) is 21.1 Å². The average molecular weight is 595 g/mol. The first kappa shape index (κ1) is 29.1. The summed E-state index contributed by atoms with van der Waals surface area (Å²) in [5, 5.41) is 4.44. The van der Waals surface area contributed by atoms with Gasteiger partial charge in [-0.3, -0.25) is 0 Å². The monoisotopic (exact) mass is 594 g/mol. The largest absolute Gasteiger partial charge is 0.456 e. The molecule has 2 aliphatic heterocycles. The number of rotatable bonds is 11. The summed E-state index contributed by atoms with van der Waals surface area (Å²) in [4.78, 5) is 15.6. The molecule has 5 nitrogen and oxygen atoms in total. The third kappa shape index (κ3) is 5.36. The van der Waals surface area contributed by atoms with Gasteiger partial charge in [-0.05, 0) is 67.8 Å². The van der Waals surface area contributed by atoms with Crippen molar-refractivity contribution < 1.29 is 14.3 Å². The summed E-state index contributed by atoms with van der Waals surface area (Å²) in [5.41, 5.74) is 5.91. The maximum Gasteiger partial charge on any atom is 0.340 e. The Hall–Kier alpha value is -3.96. The number of aryl methyl sites for hydroxylation is 1. The maximum absolute atomic E-state index is 13.2. The lowest BCUT2D eigenvalue weighted by atomic mass is 9.77. The minimum Gasteiger partial charge on any atom is -0.456 e. The van der Waals surface area contributed by atoms with Crippen molar-refractivity contribution in [3.8, 4) is 11.5 Å². The van der Waals surface area contributed by atoms with Gasteiger partial charge in [0.05, 0.1) is 16.3 Å². The molecule has 0 fully saturated rings. The van der Waals surface area contributed by atoms with Crippen LogP contribution in [-0.4, -0.2) is 19.1 Å². The highest BCUT2D eigenvalue weighted by Crippen LogP contribution is 2.56. The summed E-state index contributed by atoms with van der Waals surface area (Å²) < 4.78 is 12.7. The van der Waals surface area contributed by atoms with Gasteiger partial charge in [0.25, 0.3) is 0 Å². The lowest BCUT2D eigenvalue weighted by molar-refractivity contribution is 0.0224. The van der Waals surface area contributed by atoms with Crippen molar-refractivity contribution in [3.05, 3.63) is 112 Å². The Morgan fingerprint density at radius 2 is 1.47 bits per heavy atom. The first-order valence-electron chi connectivity index (χ1n) is 15.5. The van der Waals surface area contributed by atoms with Crippen LogP contribution in [0.4, 0.5) is 17.1 Å². The number of hydrogen-bond donors (Lipinski definition) is 1. The molecule has 0 radical (unpaired) electrons. The Balaban J connectivity index is 1.39. The number of halogens is 1. The number of benzene rings is 4. The topological polar surface area (TPSA) is 50.8 Å². The molecule has 6 rings (SSSR count). The van der Waals surface area contributed by atoms with Gasteiger partial charge in [0.1, 0.15) is 11.5 Å². The predicted molar refractivity (Wildman–Crippen MR) is 175 cm³/mol. The number of hydrogen-bond acceptors (Lipinski definition) is 5. The second-order valence-electron chi connectivity index (χ2n) is 11.6. The van der Waals surface area contributed by atoms with E-state index in [2.05, 4.69) is 49.2 Å². The molecule has 4 aromatic carbocycles. The van der Waals surface area contributed by atoms with Gasteiger partial charge in [0.2, 0.25) is 0 Å². The number of carbonyl (C=O) groups is 1. The molecule has 6 heteroatoms. The van der Waals surface area contributed by atoms with Crippen LogP contribution in [0.15, 0.2) is 78.9 Å². The van der Waals surface area contributed by atoms with E-state index in [1.807, 2.05) is 60.7 Å². The Morgan fingerprint density at radius 3 is 2.21 bits per heavy atom. The molecule has 4 aromatic rings. The van der Waals surface area contributed by atoms with Crippen molar-refractivity contribution in [3.63, 3.8) is 0 Å². The Labute approximate surface area is 259 Å². The Morgan fingerprint density at radius 1 is 0.791 bits per heavy atom. The van der Waals surface area contributed by atoms with Crippen molar-refractivity contribution in [2.24, 2.45) is 0 Å². The van der Waals surface area contributed by atoms with Crippen LogP contribution in [0.25, 0.3) is 0 Å². The zero-order valence-electron chi connectivity index (χ0n) is 25.2. The highest BCUT2D eigenvalue weighted by atomic mass is 35.5. The molecule has 1 atom stereocenters. The lowest BCUT2D eigenvalue weighted by Gasteiger charge is -2.36. The molecule has 0 saturated carbocycles. The van der Waals surface area contributed by atoms with Crippen LogP contribution in [-0.2, 0) is 10.3 Å². The fraction of sp³-hybridized carbons (Fsp3) is 0.324. The van der Waals surface area contributed by atoms with E-state index in [0.717, 1.165) is 70.3 Å². The highest BCUT2D eigenvalue weighted by molar-refractivity contribution is 6.33. The van der Waals surface area contributed by atoms with E-state index in [1.165, 1.54) is 25.7 Å². The third-order valence-electron chi connectivity index (χ3n) is 8.59. The molecule has 0 saturated heterocycles. The van der Waals surface area contributed by atoms with Crippen LogP contribution in [0, 0.1) is 6.92 Å². The molecular formula is C37H39ClN2O3. The van der Waals surface area contributed by atoms with Gasteiger partial charge in [-0.2, -0.15) is 0 Å². The normalized spacial score (nSPS) is 16.2. The number of ether oxygens (including phenoxy) is 2. The average Bonchev–Trinajstić information content (AvgIpc) is 3.31. The summed E-state index contributed by atoms with van der Waals surface area (Å²) in [5.74, 6) is 1.02. The number of carbonyl (C=O) groups excluding carboxylic acids is 1. The minimum absolute atomic E-state index is 0.332. The van der Waals surface area contributed by atoms with Gasteiger partial charge >= 0.3 is 5.97 Å². The quantitative estimate of drug-likeness (QED) is 0.138. The van der Waals surface area contributed by atoms with Crippen molar-refractivity contribution in [1.82, 2.24) is 0 Å². The fourth-order valence-electron chi connectivity index (χ4n) is 6.35. The standard InChI is InChI=1S/C37H39ClN2O3/c1-4-6-12-20-40(21-13-7-5-2)33-24-32(25(3)22-31(33)38)39-26-18-19-35-30(23-26)37(29-16-10-11-17-34(29)42-35)28-15-9-8-14-27(28)36(41)43-37/h8-11,14-19,22-24,39H,4-7,12-13,20-21H2,1-3H3. The first-order chi connectivity index (χ1) is 21.0. The van der Waals surface area contributed by atoms with E-state index in [-0.39, 0.29) is 5.97 Å². The molecule has 2 aliphatic rings. The Kier molecular flexibility index (Phi) is 8.36. The molecule has 2 heterocycles. The van der Waals surface area contributed by atoms with Crippen LogP contribution >= 0.6 is 11.6 Å². The van der Waals surface area contributed by atoms with E-state index in [9.17, 15) is 4.79 Å². The molecule has 1 N–H and O–H groups in total. The maximum atomic E-state index is 13.2. The second-order valence-corrected chi connectivity index (χ2v) is 12.0. The molecule has 222 valence electrons. The second kappa shape index (κ2) is 12.3. The summed E-state index contributed by atoms with van der Waals surface area (Å²) in [7, 11) is 0. The molecule has 0 amide bonds. The minimum atomic E-state index is -1.09. The molecule has 1 spiro atoms. The first-order valence-corrected chi connectivity index (χ1v) is 15.9. The molecular weight excluding hydrogens is 556 g/mol. The fourth-order valence-corrected chi connectivity index (χ4v) is 6.69. The van der Waals surface area contributed by atoms with Crippen LogP contribution < -0.4 is 15.0 Å². The Bertz CT molecular complexity index is 1640. The van der Waals surface area contributed by atoms with E-state index in [0.29, 0.717) is 17.1 Å². The van der Waals surface area contributed by atoms with E-state index < -0.39 is 5.60 Å². The summed E-state index contributed by atoms with van der Waals surface area (Å²) >= 11 is 6.88. The molecule has 1 unspecified atom stereocenters. The zero-order valence-corrected chi connectivity index (χ0v) is 26.0. The molecule has 43 heavy (non-hydrogen) atoms. The molecule has 0 aliphatic carbocycles. The van der Waals surface area contributed by atoms with E-state index in [1.54, 1.807) is 0 Å². The lowest BCUT2D eigenvalue weighted by Crippen LogP contribution is -2.33. The summed E-state index contributed by atoms with van der Waals surface area (Å²) in [6, 6.07) is 25.7. The van der Waals surface area contributed by atoms with Crippen molar-refractivity contribution in [1.29, 1.82) is 0 Å². The number of nitrogens with one attached hydrogen (secondary N) is 1. The van der Waals surface area contributed by atoms with Crippen LogP contribution in [0.2, 0.25) is 5.02 Å². The number of nitrogens with zero attached hydrogens (tertiary/aromatic N) is 1. The summed E-state index contributed by atoms with van der Waals surface area (Å²) in [6.07, 6.45) is 7.06. The molecule has 0 bridgehead atoms. The number of para-hydroxylation sites is 1. The van der Waals surface area contributed by atoms with Crippen LogP contribution in [0.1, 0.15) is 85.0 Å². The zero-order chi connectivity index (χ0) is 30.0. The van der Waals surface area contributed by atoms with Gasteiger partial charge in [-0.15, -0.1) is 0 Å². The van der Waals surface area contributed by atoms with E-state index >= 15 is 0 Å².